The van der Waals surface area contributed by atoms with Crippen LogP contribution in [0.4, 0.5) is 34.4 Å². The van der Waals surface area contributed by atoms with E-state index >= 15 is 0 Å². The molecule has 0 saturated carbocycles. The number of nitrogens with one attached hydrogen (secondary N) is 3. The maximum atomic E-state index is 12.8. The van der Waals surface area contributed by atoms with Crippen LogP contribution in [-0.2, 0) is 9.59 Å². The molecule has 0 aliphatic carbocycles. The van der Waals surface area contributed by atoms with Crippen LogP contribution < -0.4 is 20.9 Å². The Balaban J connectivity index is 1.20. The van der Waals surface area contributed by atoms with Gasteiger partial charge in [0.25, 0.3) is 0 Å². The summed E-state index contributed by atoms with van der Waals surface area (Å²) in [4.78, 5) is 35.9. The largest absolute Gasteiger partial charge is 0.340 e. The van der Waals surface area contributed by atoms with Gasteiger partial charge in [-0.1, -0.05) is 35.9 Å². The van der Waals surface area contributed by atoms with E-state index in [9.17, 15) is 9.59 Å². The van der Waals surface area contributed by atoms with Gasteiger partial charge in [0, 0.05) is 41.8 Å². The Morgan fingerprint density at radius 1 is 0.811 bits per heavy atom. The molecular weight excluding hydrogens is 464 g/mol. The van der Waals surface area contributed by atoms with Crippen LogP contribution in [0.1, 0.15) is 17.8 Å². The molecule has 1 aliphatic heterocycles. The first kappa shape index (κ1) is 24.0. The summed E-state index contributed by atoms with van der Waals surface area (Å²) >= 11 is 0. The van der Waals surface area contributed by atoms with Gasteiger partial charge in [0.15, 0.2) is 0 Å². The number of para-hydroxylation sites is 1. The quantitative estimate of drug-likeness (QED) is 0.312. The topological polar surface area (TPSA) is 99.2 Å². The number of rotatable bonds is 7. The van der Waals surface area contributed by atoms with Gasteiger partial charge in [-0.25, -0.2) is 9.97 Å². The minimum atomic E-state index is -0.394. The van der Waals surface area contributed by atoms with Gasteiger partial charge in [-0.15, -0.1) is 0 Å². The molecule has 3 aromatic carbocycles. The molecule has 186 valence electrons. The maximum Gasteiger partial charge on any atom is 0.229 e. The van der Waals surface area contributed by atoms with Crippen molar-refractivity contribution < 1.29 is 9.59 Å². The van der Waals surface area contributed by atoms with Crippen LogP contribution in [0.3, 0.4) is 0 Å². The van der Waals surface area contributed by atoms with Gasteiger partial charge in [0.1, 0.15) is 17.5 Å². The molecular formula is C29H28N6O2. The Morgan fingerprint density at radius 3 is 2.00 bits per heavy atom. The van der Waals surface area contributed by atoms with Crippen molar-refractivity contribution in [2.75, 3.05) is 27.4 Å². The highest BCUT2D eigenvalue weighted by molar-refractivity contribution is 6.03. The predicted octanol–water partition coefficient (Wildman–Crippen LogP) is 5.57. The van der Waals surface area contributed by atoms with Crippen molar-refractivity contribution in [3.8, 4) is 0 Å². The normalized spacial score (nSPS) is 14.9. The lowest BCUT2D eigenvalue weighted by Crippen LogP contribution is -2.28. The molecule has 0 radical (unpaired) electrons. The maximum absolute atomic E-state index is 12.8. The smallest absolute Gasteiger partial charge is 0.229 e. The Hall–Kier alpha value is -4.72. The lowest BCUT2D eigenvalue weighted by molar-refractivity contribution is -0.122. The van der Waals surface area contributed by atoms with E-state index in [-0.39, 0.29) is 18.2 Å². The number of carbonyl (C=O) groups excluding carboxylic acids is 2. The summed E-state index contributed by atoms with van der Waals surface area (Å²) in [6.07, 6.45) is 0.201. The summed E-state index contributed by atoms with van der Waals surface area (Å²) in [6, 6.07) is 26.8. The van der Waals surface area contributed by atoms with Crippen molar-refractivity contribution in [3.05, 3.63) is 96.3 Å². The number of aromatic nitrogens is 2. The van der Waals surface area contributed by atoms with E-state index in [1.165, 1.54) is 5.56 Å². The fraction of sp³-hybridized carbons (Fsp3) is 0.172. The zero-order valence-corrected chi connectivity index (χ0v) is 20.7. The number of carbonyl (C=O) groups is 2. The minimum Gasteiger partial charge on any atom is -0.340 e. The average Bonchev–Trinajstić information content (AvgIpc) is 3.28. The number of benzene rings is 3. The monoisotopic (exact) mass is 492 g/mol. The van der Waals surface area contributed by atoms with Crippen molar-refractivity contribution in [1.82, 2.24) is 9.97 Å². The predicted molar refractivity (Wildman–Crippen MR) is 146 cm³/mol. The molecule has 4 aromatic rings. The minimum absolute atomic E-state index is 0.0396. The van der Waals surface area contributed by atoms with E-state index in [1.807, 2.05) is 98.8 Å². The van der Waals surface area contributed by atoms with E-state index < -0.39 is 5.92 Å². The molecule has 0 spiro atoms. The fourth-order valence-corrected chi connectivity index (χ4v) is 4.25. The van der Waals surface area contributed by atoms with Gasteiger partial charge in [0.2, 0.25) is 11.8 Å². The highest BCUT2D eigenvalue weighted by Gasteiger charge is 2.35. The number of hydrogen-bond donors (Lipinski definition) is 3. The van der Waals surface area contributed by atoms with E-state index in [4.69, 9.17) is 0 Å². The molecule has 8 nitrogen and oxygen atoms in total. The highest BCUT2D eigenvalue weighted by atomic mass is 16.2. The molecule has 1 unspecified atom stereocenters. The molecule has 1 aromatic heterocycles. The SMILES string of the molecule is Cc1ccc(Nc2cc(Nc3ccc(NC(=O)C4CC(=O)N(c5ccccc5)C4)cc3)nc(C)n2)cc1. The van der Waals surface area contributed by atoms with Crippen molar-refractivity contribution in [2.45, 2.75) is 20.3 Å². The molecule has 3 N–H and O–H groups in total. The van der Waals surface area contributed by atoms with Crippen molar-refractivity contribution in [2.24, 2.45) is 5.92 Å². The Labute approximate surface area is 215 Å². The standard InChI is InChI=1S/C29H28N6O2/c1-19-8-10-22(11-9-19)32-26-17-27(31-20(2)30-26)33-23-12-14-24(15-13-23)34-29(37)21-16-28(36)35(18-21)25-6-4-3-5-7-25/h3-15,17,21H,16,18H2,1-2H3,(H,34,37)(H2,30,31,32,33). The molecule has 37 heavy (non-hydrogen) atoms. The van der Waals surface area contributed by atoms with Crippen LogP contribution in [0, 0.1) is 19.8 Å². The van der Waals surface area contributed by atoms with Gasteiger partial charge in [-0.3, -0.25) is 9.59 Å². The zero-order valence-electron chi connectivity index (χ0n) is 20.7. The zero-order chi connectivity index (χ0) is 25.8. The van der Waals surface area contributed by atoms with E-state index in [1.54, 1.807) is 4.90 Å². The molecule has 1 aliphatic rings. The molecule has 2 amide bonds. The average molecular weight is 493 g/mol. The van der Waals surface area contributed by atoms with Crippen LogP contribution >= 0.6 is 0 Å². The first-order chi connectivity index (χ1) is 17.9. The van der Waals surface area contributed by atoms with Crippen LogP contribution in [-0.4, -0.2) is 28.3 Å². The van der Waals surface area contributed by atoms with Crippen molar-refractivity contribution in [1.29, 1.82) is 0 Å². The number of anilines is 6. The number of amides is 2. The fourth-order valence-electron chi connectivity index (χ4n) is 4.25. The second-order valence-corrected chi connectivity index (χ2v) is 9.11. The molecule has 1 atom stereocenters. The molecule has 8 heteroatoms. The van der Waals surface area contributed by atoms with Crippen LogP contribution in [0.2, 0.25) is 0 Å². The molecule has 1 saturated heterocycles. The van der Waals surface area contributed by atoms with Crippen LogP contribution in [0.5, 0.6) is 0 Å². The summed E-state index contributed by atoms with van der Waals surface area (Å²) in [5.74, 6) is 1.39. The van der Waals surface area contributed by atoms with Crippen LogP contribution in [0.15, 0.2) is 84.9 Å². The van der Waals surface area contributed by atoms with Gasteiger partial charge in [-0.2, -0.15) is 0 Å². The van der Waals surface area contributed by atoms with E-state index in [0.29, 0.717) is 29.7 Å². The number of aryl methyl sites for hydroxylation is 2. The Morgan fingerprint density at radius 2 is 1.38 bits per heavy atom. The lowest BCUT2D eigenvalue weighted by atomic mass is 10.1. The Bertz CT molecular complexity index is 1410. The molecule has 1 fully saturated rings. The van der Waals surface area contributed by atoms with E-state index in [2.05, 4.69) is 25.9 Å². The van der Waals surface area contributed by atoms with Crippen molar-refractivity contribution >= 4 is 46.2 Å². The Kier molecular flexibility index (Phi) is 6.81. The first-order valence-corrected chi connectivity index (χ1v) is 12.2. The van der Waals surface area contributed by atoms with Gasteiger partial charge >= 0.3 is 0 Å². The van der Waals surface area contributed by atoms with E-state index in [0.717, 1.165) is 17.1 Å². The third-order valence-electron chi connectivity index (χ3n) is 6.15. The third kappa shape index (κ3) is 5.92. The van der Waals surface area contributed by atoms with Gasteiger partial charge < -0.3 is 20.9 Å². The lowest BCUT2D eigenvalue weighted by Gasteiger charge is -2.16. The summed E-state index contributed by atoms with van der Waals surface area (Å²) in [6.45, 7) is 4.27. The summed E-state index contributed by atoms with van der Waals surface area (Å²) in [7, 11) is 0. The number of nitrogens with zero attached hydrogens (tertiary/aromatic N) is 3. The van der Waals surface area contributed by atoms with Gasteiger partial charge in [-0.05, 0) is 62.4 Å². The first-order valence-electron chi connectivity index (χ1n) is 12.2. The summed E-state index contributed by atoms with van der Waals surface area (Å²) in [5, 5.41) is 9.53. The summed E-state index contributed by atoms with van der Waals surface area (Å²) in [5.41, 5.74) is 4.45. The molecule has 0 bridgehead atoms. The van der Waals surface area contributed by atoms with Crippen molar-refractivity contribution in [3.63, 3.8) is 0 Å². The third-order valence-corrected chi connectivity index (χ3v) is 6.15. The molecule has 2 heterocycles. The molecule has 5 rings (SSSR count). The second-order valence-electron chi connectivity index (χ2n) is 9.11. The highest BCUT2D eigenvalue weighted by Crippen LogP contribution is 2.27. The van der Waals surface area contributed by atoms with Gasteiger partial charge in [0.05, 0.1) is 5.92 Å². The number of hydrogen-bond acceptors (Lipinski definition) is 6. The van der Waals surface area contributed by atoms with Crippen LogP contribution in [0.25, 0.3) is 0 Å². The second kappa shape index (κ2) is 10.5. The summed E-state index contributed by atoms with van der Waals surface area (Å²) < 4.78 is 0.